The molecule has 2 heterocycles. The van der Waals surface area contributed by atoms with Crippen LogP contribution in [0.25, 0.3) is 0 Å². The number of carbonyl (C=O) groups excluding carboxylic acids is 2. The van der Waals surface area contributed by atoms with E-state index in [-0.39, 0.29) is 17.7 Å². The van der Waals surface area contributed by atoms with E-state index in [2.05, 4.69) is 33.8 Å². The molecule has 2 fully saturated rings. The smallest absolute Gasteiger partial charge is 0.246 e. The molecule has 0 radical (unpaired) electrons. The van der Waals surface area contributed by atoms with E-state index in [9.17, 15) is 9.59 Å². The number of anilines is 2. The van der Waals surface area contributed by atoms with Gasteiger partial charge in [-0.25, -0.2) is 0 Å². The first-order chi connectivity index (χ1) is 13.7. The average molecular weight is 387 g/mol. The van der Waals surface area contributed by atoms with Crippen LogP contribution in [-0.2, 0) is 9.59 Å². The standard InChI is InChI=1S/C22H34N4O2/c1-2-3-11-20(25-21(27)17-8-7-12-23-16-17)22(28)24-18-9-6-10-19(15-18)26-13-4-5-14-26/h6,9-10,15,17,20,23H,2-5,7-8,11-14,16H2,1H3,(H,24,28)(H,25,27). The predicted molar refractivity (Wildman–Crippen MR) is 114 cm³/mol. The van der Waals surface area contributed by atoms with Gasteiger partial charge in [-0.15, -0.1) is 0 Å². The van der Waals surface area contributed by atoms with Crippen molar-refractivity contribution in [1.82, 2.24) is 10.6 Å². The maximum absolute atomic E-state index is 12.9. The fraction of sp³-hybridized carbons (Fsp3) is 0.636. The first-order valence-corrected chi connectivity index (χ1v) is 10.8. The van der Waals surface area contributed by atoms with Gasteiger partial charge < -0.3 is 20.9 Å². The molecular weight excluding hydrogens is 352 g/mol. The Morgan fingerprint density at radius 1 is 1.25 bits per heavy atom. The zero-order chi connectivity index (χ0) is 19.8. The van der Waals surface area contributed by atoms with Crippen molar-refractivity contribution in [2.75, 3.05) is 36.4 Å². The lowest BCUT2D eigenvalue weighted by atomic mass is 9.98. The molecule has 2 atom stereocenters. The zero-order valence-corrected chi connectivity index (χ0v) is 17.0. The van der Waals surface area contributed by atoms with E-state index in [1.807, 2.05) is 18.2 Å². The van der Waals surface area contributed by atoms with Gasteiger partial charge in [0, 0.05) is 31.0 Å². The monoisotopic (exact) mass is 386 g/mol. The van der Waals surface area contributed by atoms with Crippen molar-refractivity contribution in [3.05, 3.63) is 24.3 Å². The summed E-state index contributed by atoms with van der Waals surface area (Å²) in [5, 5.41) is 9.31. The number of benzene rings is 1. The number of unbranched alkanes of at least 4 members (excludes halogenated alkanes) is 1. The first kappa shape index (κ1) is 20.6. The third kappa shape index (κ3) is 5.71. The molecule has 3 rings (SSSR count). The van der Waals surface area contributed by atoms with Gasteiger partial charge in [-0.1, -0.05) is 25.8 Å². The zero-order valence-electron chi connectivity index (χ0n) is 17.0. The molecule has 0 saturated carbocycles. The van der Waals surface area contributed by atoms with Crippen molar-refractivity contribution in [3.63, 3.8) is 0 Å². The molecule has 6 heteroatoms. The van der Waals surface area contributed by atoms with E-state index < -0.39 is 6.04 Å². The van der Waals surface area contributed by atoms with E-state index in [0.717, 1.165) is 56.7 Å². The van der Waals surface area contributed by atoms with Crippen LogP contribution >= 0.6 is 0 Å². The molecule has 0 bridgehead atoms. The summed E-state index contributed by atoms with van der Waals surface area (Å²) >= 11 is 0. The van der Waals surface area contributed by atoms with Crippen molar-refractivity contribution in [3.8, 4) is 0 Å². The fourth-order valence-corrected chi connectivity index (χ4v) is 4.03. The van der Waals surface area contributed by atoms with Crippen molar-refractivity contribution in [1.29, 1.82) is 0 Å². The fourth-order valence-electron chi connectivity index (χ4n) is 4.03. The molecule has 3 N–H and O–H groups in total. The van der Waals surface area contributed by atoms with Gasteiger partial charge in [0.1, 0.15) is 6.04 Å². The summed E-state index contributed by atoms with van der Waals surface area (Å²) < 4.78 is 0. The second-order valence-electron chi connectivity index (χ2n) is 7.98. The lowest BCUT2D eigenvalue weighted by molar-refractivity contribution is -0.129. The topological polar surface area (TPSA) is 73.5 Å². The number of nitrogens with one attached hydrogen (secondary N) is 3. The largest absolute Gasteiger partial charge is 0.371 e. The van der Waals surface area contributed by atoms with Gasteiger partial charge in [0.15, 0.2) is 0 Å². The molecule has 154 valence electrons. The molecule has 6 nitrogen and oxygen atoms in total. The Bertz CT molecular complexity index is 652. The van der Waals surface area contributed by atoms with Crippen molar-refractivity contribution in [2.45, 2.75) is 57.9 Å². The molecule has 1 aromatic rings. The Labute approximate surface area is 168 Å². The van der Waals surface area contributed by atoms with Crippen molar-refractivity contribution >= 4 is 23.2 Å². The summed E-state index contributed by atoms with van der Waals surface area (Å²) in [4.78, 5) is 27.9. The molecule has 2 aliphatic rings. The number of carbonyl (C=O) groups is 2. The van der Waals surface area contributed by atoms with Crippen LogP contribution in [0.4, 0.5) is 11.4 Å². The van der Waals surface area contributed by atoms with Gasteiger partial charge >= 0.3 is 0 Å². The summed E-state index contributed by atoms with van der Waals surface area (Å²) in [7, 11) is 0. The number of hydrogen-bond donors (Lipinski definition) is 3. The second-order valence-corrected chi connectivity index (χ2v) is 7.98. The highest BCUT2D eigenvalue weighted by Crippen LogP contribution is 2.23. The molecule has 0 aliphatic carbocycles. The van der Waals surface area contributed by atoms with Gasteiger partial charge in [-0.3, -0.25) is 9.59 Å². The Kier molecular flexibility index (Phi) is 7.71. The third-order valence-electron chi connectivity index (χ3n) is 5.73. The number of hydrogen-bond acceptors (Lipinski definition) is 4. The van der Waals surface area contributed by atoms with Crippen LogP contribution in [0.1, 0.15) is 51.9 Å². The van der Waals surface area contributed by atoms with Gasteiger partial charge in [0.05, 0.1) is 5.92 Å². The summed E-state index contributed by atoms with van der Waals surface area (Å²) in [6, 6.07) is 7.54. The van der Waals surface area contributed by atoms with Crippen LogP contribution in [0.2, 0.25) is 0 Å². The number of piperidine rings is 1. The van der Waals surface area contributed by atoms with Gasteiger partial charge in [0.25, 0.3) is 0 Å². The molecule has 2 unspecified atom stereocenters. The molecule has 2 saturated heterocycles. The highest BCUT2D eigenvalue weighted by molar-refractivity contribution is 5.97. The average Bonchev–Trinajstić information content (AvgIpc) is 3.26. The van der Waals surface area contributed by atoms with E-state index in [1.165, 1.54) is 12.8 Å². The van der Waals surface area contributed by atoms with Crippen LogP contribution in [0, 0.1) is 5.92 Å². The Morgan fingerprint density at radius 3 is 2.79 bits per heavy atom. The van der Waals surface area contributed by atoms with Gasteiger partial charge in [-0.2, -0.15) is 0 Å². The van der Waals surface area contributed by atoms with Crippen LogP contribution < -0.4 is 20.9 Å². The van der Waals surface area contributed by atoms with Gasteiger partial charge in [0.2, 0.25) is 11.8 Å². The Morgan fingerprint density at radius 2 is 2.07 bits per heavy atom. The van der Waals surface area contributed by atoms with Crippen molar-refractivity contribution in [2.24, 2.45) is 5.92 Å². The van der Waals surface area contributed by atoms with E-state index in [4.69, 9.17) is 0 Å². The molecule has 1 aromatic carbocycles. The third-order valence-corrected chi connectivity index (χ3v) is 5.73. The molecule has 0 spiro atoms. The maximum Gasteiger partial charge on any atom is 0.246 e. The number of rotatable bonds is 8. The van der Waals surface area contributed by atoms with E-state index in [0.29, 0.717) is 13.0 Å². The maximum atomic E-state index is 12.9. The van der Waals surface area contributed by atoms with Crippen LogP contribution in [0.5, 0.6) is 0 Å². The SMILES string of the molecule is CCCCC(NC(=O)C1CCCNC1)C(=O)Nc1cccc(N2CCCC2)c1. The minimum absolute atomic E-state index is 0.00531. The van der Waals surface area contributed by atoms with Crippen LogP contribution in [0.3, 0.4) is 0 Å². The summed E-state index contributed by atoms with van der Waals surface area (Å²) in [6.07, 6.45) is 6.91. The minimum atomic E-state index is -0.482. The van der Waals surface area contributed by atoms with Crippen LogP contribution in [-0.4, -0.2) is 44.0 Å². The number of nitrogens with zero attached hydrogens (tertiary/aromatic N) is 1. The summed E-state index contributed by atoms with van der Waals surface area (Å²) in [5.74, 6) is -0.164. The first-order valence-electron chi connectivity index (χ1n) is 10.8. The lowest BCUT2D eigenvalue weighted by Gasteiger charge is -2.25. The normalized spacial score (nSPS) is 20.6. The highest BCUT2D eigenvalue weighted by Gasteiger charge is 2.26. The van der Waals surface area contributed by atoms with Crippen LogP contribution in [0.15, 0.2) is 24.3 Å². The lowest BCUT2D eigenvalue weighted by Crippen LogP contribution is -2.48. The Balaban J connectivity index is 1.62. The summed E-state index contributed by atoms with van der Waals surface area (Å²) in [6.45, 7) is 5.91. The second kappa shape index (κ2) is 10.5. The summed E-state index contributed by atoms with van der Waals surface area (Å²) in [5.41, 5.74) is 1.95. The molecule has 2 aliphatic heterocycles. The molecule has 28 heavy (non-hydrogen) atoms. The van der Waals surface area contributed by atoms with E-state index in [1.54, 1.807) is 0 Å². The quantitative estimate of drug-likeness (QED) is 0.642. The highest BCUT2D eigenvalue weighted by atomic mass is 16.2. The number of amides is 2. The minimum Gasteiger partial charge on any atom is -0.371 e. The van der Waals surface area contributed by atoms with Crippen molar-refractivity contribution < 1.29 is 9.59 Å². The van der Waals surface area contributed by atoms with E-state index >= 15 is 0 Å². The molecule has 0 aromatic heterocycles. The predicted octanol–water partition coefficient (Wildman–Crippen LogP) is 2.90. The molecule has 2 amide bonds. The van der Waals surface area contributed by atoms with Gasteiger partial charge in [-0.05, 0) is 56.8 Å². The molecular formula is C22H34N4O2. The Hall–Kier alpha value is -2.08.